The lowest BCUT2D eigenvalue weighted by molar-refractivity contribution is -0.135. The summed E-state index contributed by atoms with van der Waals surface area (Å²) >= 11 is 0. The fraction of sp³-hybridized carbons (Fsp3) is 0.923. The van der Waals surface area contributed by atoms with Crippen LogP contribution in [-0.2, 0) is 14.3 Å². The van der Waals surface area contributed by atoms with Gasteiger partial charge >= 0.3 is 0 Å². The summed E-state index contributed by atoms with van der Waals surface area (Å²) in [6, 6.07) is -0.243. The van der Waals surface area contributed by atoms with Crippen LogP contribution in [0.1, 0.15) is 33.1 Å². The van der Waals surface area contributed by atoms with Crippen LogP contribution in [0.15, 0.2) is 0 Å². The molecule has 0 saturated carbocycles. The smallest absolute Gasteiger partial charge is 0.239 e. The number of methoxy groups -OCH3 is 2. The minimum absolute atomic E-state index is 0.0116. The molecule has 0 aromatic carbocycles. The number of nitrogens with two attached hydrogens (primary N) is 1. The molecule has 0 bridgehead atoms. The average molecular weight is 260 g/mol. The molecule has 0 heterocycles. The third kappa shape index (κ3) is 6.33. The van der Waals surface area contributed by atoms with Gasteiger partial charge in [0.05, 0.1) is 12.6 Å². The number of amides is 1. The molecule has 0 spiro atoms. The first-order valence-corrected chi connectivity index (χ1v) is 6.62. The molecule has 0 aliphatic carbocycles. The summed E-state index contributed by atoms with van der Waals surface area (Å²) in [5.41, 5.74) is 5.94. The van der Waals surface area contributed by atoms with Crippen LogP contribution in [0.25, 0.3) is 0 Å². The van der Waals surface area contributed by atoms with Gasteiger partial charge < -0.3 is 20.1 Å². The van der Waals surface area contributed by atoms with E-state index in [-0.39, 0.29) is 11.9 Å². The first-order chi connectivity index (χ1) is 8.58. The highest BCUT2D eigenvalue weighted by Crippen LogP contribution is 2.08. The zero-order chi connectivity index (χ0) is 14.0. The third-order valence-corrected chi connectivity index (χ3v) is 3.12. The minimum atomic E-state index is -0.439. The monoisotopic (exact) mass is 260 g/mol. The Labute approximate surface area is 111 Å². The number of carbonyl (C=O) groups excluding carboxylic acids is 1. The first-order valence-electron chi connectivity index (χ1n) is 6.62. The summed E-state index contributed by atoms with van der Waals surface area (Å²) in [5, 5.41) is 0. The maximum atomic E-state index is 12.2. The van der Waals surface area contributed by atoms with Gasteiger partial charge in [0, 0.05) is 33.4 Å². The lowest BCUT2D eigenvalue weighted by Crippen LogP contribution is -2.48. The van der Waals surface area contributed by atoms with Gasteiger partial charge in [-0.15, -0.1) is 0 Å². The van der Waals surface area contributed by atoms with Gasteiger partial charge in [0.2, 0.25) is 5.91 Å². The fourth-order valence-electron chi connectivity index (χ4n) is 1.74. The summed E-state index contributed by atoms with van der Waals surface area (Å²) < 4.78 is 10.0. The Kier molecular flexibility index (Phi) is 9.92. The van der Waals surface area contributed by atoms with Crippen LogP contribution in [-0.4, -0.2) is 56.9 Å². The molecule has 18 heavy (non-hydrogen) atoms. The van der Waals surface area contributed by atoms with Crippen LogP contribution in [0, 0.1) is 0 Å². The van der Waals surface area contributed by atoms with Crippen molar-refractivity contribution >= 4 is 5.91 Å². The lowest BCUT2D eigenvalue weighted by atomic mass is 10.1. The number of hydrogen-bond acceptors (Lipinski definition) is 4. The van der Waals surface area contributed by atoms with E-state index in [0.29, 0.717) is 26.2 Å². The van der Waals surface area contributed by atoms with E-state index in [1.807, 2.05) is 11.8 Å². The molecule has 2 N–H and O–H groups in total. The predicted molar refractivity (Wildman–Crippen MR) is 72.4 cm³/mol. The van der Waals surface area contributed by atoms with Gasteiger partial charge in [0.25, 0.3) is 0 Å². The highest BCUT2D eigenvalue weighted by atomic mass is 16.5. The van der Waals surface area contributed by atoms with Gasteiger partial charge in [-0.2, -0.15) is 0 Å². The van der Waals surface area contributed by atoms with Gasteiger partial charge in [-0.05, 0) is 26.2 Å². The largest absolute Gasteiger partial charge is 0.385 e. The highest BCUT2D eigenvalue weighted by molar-refractivity contribution is 5.81. The molecule has 0 aromatic heterocycles. The van der Waals surface area contributed by atoms with Crippen molar-refractivity contribution in [3.8, 4) is 0 Å². The molecule has 108 valence electrons. The molecule has 2 unspecified atom stereocenters. The second-order valence-electron chi connectivity index (χ2n) is 4.52. The number of rotatable bonds is 10. The first kappa shape index (κ1) is 17.4. The Bertz CT molecular complexity index is 224. The van der Waals surface area contributed by atoms with Crippen molar-refractivity contribution in [2.45, 2.75) is 45.2 Å². The molecule has 5 nitrogen and oxygen atoms in total. The summed E-state index contributed by atoms with van der Waals surface area (Å²) in [6.45, 7) is 5.88. The molecule has 0 rings (SSSR count). The summed E-state index contributed by atoms with van der Waals surface area (Å²) in [4.78, 5) is 14.1. The lowest BCUT2D eigenvalue weighted by Gasteiger charge is -2.30. The Morgan fingerprint density at radius 3 is 2.39 bits per heavy atom. The van der Waals surface area contributed by atoms with Crippen molar-refractivity contribution in [3.63, 3.8) is 0 Å². The Hall–Kier alpha value is -0.650. The summed E-state index contributed by atoms with van der Waals surface area (Å²) in [7, 11) is 3.29. The predicted octanol–water partition coefficient (Wildman–Crippen LogP) is 1.01. The van der Waals surface area contributed by atoms with Crippen molar-refractivity contribution in [2.24, 2.45) is 5.73 Å². The van der Waals surface area contributed by atoms with Crippen molar-refractivity contribution < 1.29 is 14.3 Å². The molecular weight excluding hydrogens is 232 g/mol. The van der Waals surface area contributed by atoms with E-state index in [2.05, 4.69) is 6.92 Å². The molecule has 2 atom stereocenters. The van der Waals surface area contributed by atoms with E-state index in [9.17, 15) is 4.79 Å². The summed E-state index contributed by atoms with van der Waals surface area (Å²) in [6.07, 6.45) is 2.38. The number of carbonyl (C=O) groups is 1. The van der Waals surface area contributed by atoms with Crippen molar-refractivity contribution in [2.75, 3.05) is 34.0 Å². The van der Waals surface area contributed by atoms with Gasteiger partial charge in [-0.25, -0.2) is 0 Å². The maximum Gasteiger partial charge on any atom is 0.239 e. The SMILES string of the molecule is CCC(C)N(CCOC)C(=O)C(N)CCCOC. The topological polar surface area (TPSA) is 64.8 Å². The van der Waals surface area contributed by atoms with Crippen molar-refractivity contribution in [1.82, 2.24) is 4.90 Å². The molecule has 0 saturated heterocycles. The van der Waals surface area contributed by atoms with Crippen LogP contribution in [0.4, 0.5) is 0 Å². The fourth-order valence-corrected chi connectivity index (χ4v) is 1.74. The van der Waals surface area contributed by atoms with Gasteiger partial charge in [0.15, 0.2) is 0 Å². The van der Waals surface area contributed by atoms with Crippen LogP contribution in [0.2, 0.25) is 0 Å². The summed E-state index contributed by atoms with van der Waals surface area (Å²) in [5.74, 6) is 0.0116. The molecule has 0 aliphatic heterocycles. The zero-order valence-electron chi connectivity index (χ0n) is 12.1. The Morgan fingerprint density at radius 1 is 1.28 bits per heavy atom. The van der Waals surface area contributed by atoms with E-state index in [1.165, 1.54) is 0 Å². The second-order valence-corrected chi connectivity index (χ2v) is 4.52. The molecule has 5 heteroatoms. The normalized spacial score (nSPS) is 14.3. The zero-order valence-corrected chi connectivity index (χ0v) is 12.1. The van der Waals surface area contributed by atoms with Gasteiger partial charge in [0.1, 0.15) is 0 Å². The van der Waals surface area contributed by atoms with Crippen molar-refractivity contribution in [1.29, 1.82) is 0 Å². The number of hydrogen-bond donors (Lipinski definition) is 1. The minimum Gasteiger partial charge on any atom is -0.385 e. The van der Waals surface area contributed by atoms with Crippen LogP contribution in [0.5, 0.6) is 0 Å². The van der Waals surface area contributed by atoms with Crippen LogP contribution in [0.3, 0.4) is 0 Å². The van der Waals surface area contributed by atoms with Crippen LogP contribution >= 0.6 is 0 Å². The molecule has 0 fully saturated rings. The van der Waals surface area contributed by atoms with Gasteiger partial charge in [-0.3, -0.25) is 4.79 Å². The highest BCUT2D eigenvalue weighted by Gasteiger charge is 2.23. The van der Waals surface area contributed by atoms with E-state index < -0.39 is 6.04 Å². The molecule has 0 aromatic rings. The van der Waals surface area contributed by atoms with Crippen molar-refractivity contribution in [3.05, 3.63) is 0 Å². The average Bonchev–Trinajstić information content (AvgIpc) is 2.38. The van der Waals surface area contributed by atoms with Crippen LogP contribution < -0.4 is 5.73 Å². The second kappa shape index (κ2) is 10.3. The maximum absolute atomic E-state index is 12.2. The van der Waals surface area contributed by atoms with E-state index in [4.69, 9.17) is 15.2 Å². The molecule has 0 aliphatic rings. The Balaban J connectivity index is 4.33. The van der Waals surface area contributed by atoms with E-state index >= 15 is 0 Å². The third-order valence-electron chi connectivity index (χ3n) is 3.12. The standard InChI is InChI=1S/C13H28N2O3/c1-5-11(2)15(8-10-18-4)13(16)12(14)7-6-9-17-3/h11-12H,5-10,14H2,1-4H3. The molecule has 1 amide bonds. The number of nitrogens with zero attached hydrogens (tertiary/aromatic N) is 1. The van der Waals surface area contributed by atoms with E-state index in [0.717, 1.165) is 12.8 Å². The molecule has 0 radical (unpaired) electrons. The van der Waals surface area contributed by atoms with Gasteiger partial charge in [-0.1, -0.05) is 6.92 Å². The Morgan fingerprint density at radius 2 is 1.89 bits per heavy atom. The molecular formula is C13H28N2O3. The number of ether oxygens (including phenoxy) is 2. The quantitative estimate of drug-likeness (QED) is 0.595. The van der Waals surface area contributed by atoms with E-state index in [1.54, 1.807) is 14.2 Å².